The molecule has 128 valence electrons. The maximum atomic E-state index is 12.7. The Morgan fingerprint density at radius 1 is 1.33 bits per heavy atom. The van der Waals surface area contributed by atoms with Crippen LogP contribution in [-0.2, 0) is 20.7 Å². The van der Waals surface area contributed by atoms with Gasteiger partial charge in [-0.05, 0) is 31.9 Å². The van der Waals surface area contributed by atoms with Crippen molar-refractivity contribution >= 4 is 16.9 Å². The monoisotopic (exact) mass is 330 g/mol. The second kappa shape index (κ2) is 6.18. The zero-order valence-corrected chi connectivity index (χ0v) is 13.9. The quantitative estimate of drug-likeness (QED) is 0.864. The van der Waals surface area contributed by atoms with Gasteiger partial charge in [0.05, 0.1) is 19.6 Å². The number of amides is 1. The summed E-state index contributed by atoms with van der Waals surface area (Å²) in [6, 6.07) is 7.63. The number of benzene rings is 1. The van der Waals surface area contributed by atoms with E-state index in [1.165, 1.54) is 0 Å². The molecule has 6 heteroatoms. The van der Waals surface area contributed by atoms with Crippen molar-refractivity contribution in [2.75, 3.05) is 26.3 Å². The molecule has 4 rings (SSSR count). The lowest BCUT2D eigenvalue weighted by atomic mass is 9.90. The maximum absolute atomic E-state index is 12.7. The van der Waals surface area contributed by atoms with Crippen LogP contribution in [0.3, 0.4) is 0 Å². The zero-order valence-electron chi connectivity index (χ0n) is 13.9. The van der Waals surface area contributed by atoms with Crippen molar-refractivity contribution in [1.82, 2.24) is 10.1 Å². The molecule has 24 heavy (non-hydrogen) atoms. The van der Waals surface area contributed by atoms with Gasteiger partial charge in [0, 0.05) is 24.4 Å². The summed E-state index contributed by atoms with van der Waals surface area (Å²) in [7, 11) is 0. The van der Waals surface area contributed by atoms with E-state index in [1.54, 1.807) is 0 Å². The molecule has 3 heterocycles. The average molecular weight is 330 g/mol. The normalized spacial score (nSPS) is 23.7. The summed E-state index contributed by atoms with van der Waals surface area (Å²) < 4.78 is 16.9. The number of rotatable bonds is 3. The highest BCUT2D eigenvalue weighted by Crippen LogP contribution is 2.34. The number of ether oxygens (including phenoxy) is 2. The van der Waals surface area contributed by atoms with E-state index < -0.39 is 5.79 Å². The molecule has 0 unspecified atom stereocenters. The first-order chi connectivity index (χ1) is 11.7. The van der Waals surface area contributed by atoms with E-state index in [0.29, 0.717) is 25.5 Å². The molecule has 2 aliphatic rings. The van der Waals surface area contributed by atoms with Crippen molar-refractivity contribution in [3.8, 4) is 0 Å². The van der Waals surface area contributed by atoms with Gasteiger partial charge in [0.2, 0.25) is 5.91 Å². The number of likely N-dealkylation sites (tertiary alicyclic amines) is 1. The Bertz CT molecular complexity index is 735. The minimum atomic E-state index is -0.556. The molecule has 2 saturated heterocycles. The number of fused-ring (bicyclic) bond motifs is 1. The standard InChI is InChI=1S/C18H22N2O4/c1-18(22-9-10-23-18)13-5-4-8-20(12-13)17(21)11-15-14-6-2-3-7-16(14)24-19-15/h2-3,6-7,13H,4-5,8-12H2,1H3/t13-/m0/s1. The van der Waals surface area contributed by atoms with E-state index in [4.69, 9.17) is 14.0 Å². The second-order valence-corrected chi connectivity index (χ2v) is 6.69. The maximum Gasteiger partial charge on any atom is 0.228 e. The Kier molecular flexibility index (Phi) is 4.02. The van der Waals surface area contributed by atoms with Crippen LogP contribution in [0.4, 0.5) is 0 Å². The molecule has 6 nitrogen and oxygen atoms in total. The van der Waals surface area contributed by atoms with Crippen molar-refractivity contribution < 1.29 is 18.8 Å². The number of hydrogen-bond donors (Lipinski definition) is 0. The van der Waals surface area contributed by atoms with Gasteiger partial charge in [-0.3, -0.25) is 4.79 Å². The van der Waals surface area contributed by atoms with E-state index in [9.17, 15) is 4.79 Å². The van der Waals surface area contributed by atoms with Crippen molar-refractivity contribution in [1.29, 1.82) is 0 Å². The first kappa shape index (κ1) is 15.6. The first-order valence-electron chi connectivity index (χ1n) is 8.55. The van der Waals surface area contributed by atoms with Gasteiger partial charge in [0.15, 0.2) is 11.4 Å². The number of aromatic nitrogens is 1. The highest BCUT2D eigenvalue weighted by molar-refractivity contribution is 5.86. The molecule has 0 saturated carbocycles. The molecule has 2 fully saturated rings. The lowest BCUT2D eigenvalue weighted by molar-refractivity contribution is -0.192. The Morgan fingerprint density at radius 2 is 2.12 bits per heavy atom. The highest BCUT2D eigenvalue weighted by atomic mass is 16.7. The zero-order chi connectivity index (χ0) is 16.6. The molecular weight excluding hydrogens is 308 g/mol. The Morgan fingerprint density at radius 3 is 2.96 bits per heavy atom. The van der Waals surface area contributed by atoms with Gasteiger partial charge in [0.1, 0.15) is 5.69 Å². The fraction of sp³-hybridized carbons (Fsp3) is 0.556. The van der Waals surface area contributed by atoms with Crippen LogP contribution >= 0.6 is 0 Å². The lowest BCUT2D eigenvalue weighted by Crippen LogP contribution is -2.49. The lowest BCUT2D eigenvalue weighted by Gasteiger charge is -2.39. The van der Waals surface area contributed by atoms with Crippen LogP contribution in [0.1, 0.15) is 25.5 Å². The van der Waals surface area contributed by atoms with Crippen molar-refractivity contribution in [3.63, 3.8) is 0 Å². The highest BCUT2D eigenvalue weighted by Gasteiger charge is 2.42. The number of para-hydroxylation sites is 1. The Hall–Kier alpha value is -1.92. The van der Waals surface area contributed by atoms with E-state index >= 15 is 0 Å². The molecule has 1 aromatic heterocycles. The summed E-state index contributed by atoms with van der Waals surface area (Å²) in [5, 5.41) is 4.98. The number of carbonyl (C=O) groups excluding carboxylic acids is 1. The van der Waals surface area contributed by atoms with Gasteiger partial charge >= 0.3 is 0 Å². The van der Waals surface area contributed by atoms with Gasteiger partial charge in [-0.15, -0.1) is 0 Å². The predicted octanol–water partition coefficient (Wildman–Crippen LogP) is 2.37. The molecule has 1 amide bonds. The molecule has 2 aliphatic heterocycles. The van der Waals surface area contributed by atoms with Crippen LogP contribution in [0, 0.1) is 5.92 Å². The third kappa shape index (κ3) is 2.80. The predicted molar refractivity (Wildman–Crippen MR) is 87.3 cm³/mol. The van der Waals surface area contributed by atoms with Crippen LogP contribution in [0.25, 0.3) is 11.0 Å². The minimum absolute atomic E-state index is 0.0837. The molecule has 0 N–H and O–H groups in total. The van der Waals surface area contributed by atoms with Gasteiger partial charge < -0.3 is 18.9 Å². The molecule has 1 atom stereocenters. The summed E-state index contributed by atoms with van der Waals surface area (Å²) in [4.78, 5) is 14.6. The van der Waals surface area contributed by atoms with Crippen molar-refractivity contribution in [3.05, 3.63) is 30.0 Å². The van der Waals surface area contributed by atoms with E-state index in [-0.39, 0.29) is 18.2 Å². The van der Waals surface area contributed by atoms with E-state index in [1.807, 2.05) is 36.1 Å². The van der Waals surface area contributed by atoms with E-state index in [2.05, 4.69) is 5.16 Å². The summed E-state index contributed by atoms with van der Waals surface area (Å²) in [5.41, 5.74) is 1.43. The van der Waals surface area contributed by atoms with Gasteiger partial charge in [-0.25, -0.2) is 0 Å². The van der Waals surface area contributed by atoms with Crippen molar-refractivity contribution in [2.45, 2.75) is 32.0 Å². The molecule has 1 aromatic carbocycles. The van der Waals surface area contributed by atoms with Crippen LogP contribution in [0.2, 0.25) is 0 Å². The Balaban J connectivity index is 1.46. The SMILES string of the molecule is CC1([C@H]2CCCN(C(=O)Cc3noc4ccccc34)C2)OCCO1. The number of nitrogens with zero attached hydrogens (tertiary/aromatic N) is 2. The van der Waals surface area contributed by atoms with Crippen LogP contribution in [0.5, 0.6) is 0 Å². The van der Waals surface area contributed by atoms with Crippen LogP contribution in [-0.4, -0.2) is 48.1 Å². The fourth-order valence-corrected chi connectivity index (χ4v) is 3.72. The van der Waals surface area contributed by atoms with Crippen LogP contribution < -0.4 is 0 Å². The fourth-order valence-electron chi connectivity index (χ4n) is 3.72. The Labute approximate surface area is 140 Å². The number of hydrogen-bond acceptors (Lipinski definition) is 5. The summed E-state index contributed by atoms with van der Waals surface area (Å²) in [5.74, 6) is -0.258. The smallest absolute Gasteiger partial charge is 0.228 e. The van der Waals surface area contributed by atoms with E-state index in [0.717, 1.165) is 30.4 Å². The molecule has 0 spiro atoms. The second-order valence-electron chi connectivity index (χ2n) is 6.69. The minimum Gasteiger partial charge on any atom is -0.356 e. The third-order valence-corrected chi connectivity index (χ3v) is 5.15. The number of carbonyl (C=O) groups is 1. The molecule has 0 radical (unpaired) electrons. The third-order valence-electron chi connectivity index (χ3n) is 5.15. The number of piperidine rings is 1. The molecule has 2 aromatic rings. The summed E-state index contributed by atoms with van der Waals surface area (Å²) in [6.07, 6.45) is 2.26. The van der Waals surface area contributed by atoms with Crippen molar-refractivity contribution in [2.24, 2.45) is 5.92 Å². The molecular formula is C18H22N2O4. The van der Waals surface area contributed by atoms with Gasteiger partial charge in [-0.2, -0.15) is 0 Å². The first-order valence-corrected chi connectivity index (χ1v) is 8.55. The summed E-state index contributed by atoms with van der Waals surface area (Å²) >= 11 is 0. The molecule has 0 aliphatic carbocycles. The average Bonchev–Trinajstić information content (AvgIpc) is 3.23. The molecule has 0 bridgehead atoms. The summed E-state index contributed by atoms with van der Waals surface area (Å²) in [6.45, 7) is 4.70. The van der Waals surface area contributed by atoms with Crippen LogP contribution in [0.15, 0.2) is 28.8 Å². The van der Waals surface area contributed by atoms with Gasteiger partial charge in [-0.1, -0.05) is 17.3 Å². The largest absolute Gasteiger partial charge is 0.356 e. The van der Waals surface area contributed by atoms with Gasteiger partial charge in [0.25, 0.3) is 0 Å². The topological polar surface area (TPSA) is 64.8 Å².